The van der Waals surface area contributed by atoms with Crippen molar-refractivity contribution in [3.05, 3.63) is 86.9 Å². The maximum atomic E-state index is 14.8. The number of morpholine rings is 1. The summed E-state index contributed by atoms with van der Waals surface area (Å²) in [6, 6.07) is 10.2. The molecule has 10 heteroatoms. The second kappa shape index (κ2) is 10.7. The maximum Gasteiger partial charge on any atom is 0.261 e. The molecule has 3 aromatic heterocycles. The molecule has 4 aromatic rings. The molecule has 5 heterocycles. The van der Waals surface area contributed by atoms with Crippen LogP contribution in [0.4, 0.5) is 10.2 Å². The van der Waals surface area contributed by atoms with Crippen LogP contribution >= 0.6 is 11.6 Å². The Morgan fingerprint density at radius 3 is 2.58 bits per heavy atom. The van der Waals surface area contributed by atoms with Crippen LogP contribution in [-0.4, -0.2) is 52.3 Å². The molecule has 0 saturated carbocycles. The van der Waals surface area contributed by atoms with Crippen molar-refractivity contribution in [2.45, 2.75) is 20.0 Å². The molecule has 0 amide bonds. The summed E-state index contributed by atoms with van der Waals surface area (Å²) in [4.78, 5) is 28.5. The van der Waals surface area contributed by atoms with E-state index in [0.717, 1.165) is 5.69 Å². The highest BCUT2D eigenvalue weighted by Crippen LogP contribution is 2.29. The van der Waals surface area contributed by atoms with E-state index >= 15 is 0 Å². The van der Waals surface area contributed by atoms with Gasteiger partial charge in [-0.25, -0.2) is 14.4 Å². The zero-order valence-electron chi connectivity index (χ0n) is 19.8. The van der Waals surface area contributed by atoms with Crippen molar-refractivity contribution < 1.29 is 13.9 Å². The molecule has 6 rings (SSSR count). The SMILES string of the molecule is Cc1ccccn1.O=c1c2c(nc3c(-c4ccc(Cl)cc4F)nc(N4CCOCC4)cn13)COCC2. The van der Waals surface area contributed by atoms with Crippen LogP contribution in [0.2, 0.25) is 5.02 Å². The number of rotatable bonds is 2. The van der Waals surface area contributed by atoms with Crippen molar-refractivity contribution in [3.8, 4) is 11.3 Å². The van der Waals surface area contributed by atoms with E-state index in [1.807, 2.05) is 30.0 Å². The van der Waals surface area contributed by atoms with E-state index in [9.17, 15) is 9.18 Å². The van der Waals surface area contributed by atoms with E-state index in [4.69, 9.17) is 26.1 Å². The van der Waals surface area contributed by atoms with Crippen LogP contribution in [0.25, 0.3) is 16.9 Å². The van der Waals surface area contributed by atoms with Crippen LogP contribution in [0.5, 0.6) is 0 Å². The first-order valence-corrected chi connectivity index (χ1v) is 12.1. The molecule has 36 heavy (non-hydrogen) atoms. The Hall–Kier alpha value is -3.40. The van der Waals surface area contributed by atoms with Crippen molar-refractivity contribution in [1.29, 1.82) is 0 Å². The van der Waals surface area contributed by atoms with Crippen molar-refractivity contribution >= 4 is 23.1 Å². The summed E-state index contributed by atoms with van der Waals surface area (Å²) in [7, 11) is 0. The molecule has 1 aromatic carbocycles. The smallest absolute Gasteiger partial charge is 0.261 e. The van der Waals surface area contributed by atoms with Gasteiger partial charge in [-0.15, -0.1) is 0 Å². The van der Waals surface area contributed by atoms with E-state index < -0.39 is 5.82 Å². The summed E-state index contributed by atoms with van der Waals surface area (Å²) in [6.07, 6.45) is 3.97. The monoisotopic (exact) mass is 509 g/mol. The minimum Gasteiger partial charge on any atom is -0.378 e. The van der Waals surface area contributed by atoms with Crippen molar-refractivity contribution in [2.75, 3.05) is 37.8 Å². The van der Waals surface area contributed by atoms with Crippen molar-refractivity contribution in [1.82, 2.24) is 19.4 Å². The number of aromatic nitrogens is 4. The number of pyridine rings is 1. The molecule has 186 valence electrons. The van der Waals surface area contributed by atoms with Gasteiger partial charge in [0.25, 0.3) is 5.56 Å². The number of benzene rings is 1. The van der Waals surface area contributed by atoms with Crippen LogP contribution in [0.3, 0.4) is 0 Å². The Labute approximate surface area is 212 Å². The van der Waals surface area contributed by atoms with Crippen molar-refractivity contribution in [2.24, 2.45) is 0 Å². The number of nitrogens with zero attached hydrogens (tertiary/aromatic N) is 5. The lowest BCUT2D eigenvalue weighted by Gasteiger charge is -2.28. The molecule has 0 unspecified atom stereocenters. The topological polar surface area (TPSA) is 81.9 Å². The summed E-state index contributed by atoms with van der Waals surface area (Å²) in [5.74, 6) is 0.0651. The van der Waals surface area contributed by atoms with Gasteiger partial charge in [-0.1, -0.05) is 17.7 Å². The number of halogens is 2. The molecule has 0 atom stereocenters. The third-order valence-electron chi connectivity index (χ3n) is 6.05. The lowest BCUT2D eigenvalue weighted by atomic mass is 10.1. The third-order valence-corrected chi connectivity index (χ3v) is 6.28. The molecule has 2 aliphatic heterocycles. The van der Waals surface area contributed by atoms with E-state index in [-0.39, 0.29) is 22.8 Å². The Balaban J connectivity index is 0.000000330. The molecule has 1 saturated heterocycles. The van der Waals surface area contributed by atoms with Crippen LogP contribution in [0, 0.1) is 12.7 Å². The first-order chi connectivity index (χ1) is 17.5. The van der Waals surface area contributed by atoms with Crippen molar-refractivity contribution in [3.63, 3.8) is 0 Å². The largest absolute Gasteiger partial charge is 0.378 e. The van der Waals surface area contributed by atoms with Gasteiger partial charge < -0.3 is 14.4 Å². The molecule has 0 spiro atoms. The highest BCUT2D eigenvalue weighted by molar-refractivity contribution is 6.30. The van der Waals surface area contributed by atoms with Gasteiger partial charge in [0.15, 0.2) is 5.65 Å². The molecule has 0 bridgehead atoms. The van der Waals surface area contributed by atoms with Gasteiger partial charge in [-0.3, -0.25) is 14.2 Å². The van der Waals surface area contributed by atoms with Gasteiger partial charge in [0.2, 0.25) is 0 Å². The summed E-state index contributed by atoms with van der Waals surface area (Å²) in [6.45, 7) is 5.13. The standard InChI is InChI=1S/C20H18ClFN4O3.C6H7N/c21-12-1-2-13(15(22)9-12)18-19-23-16-11-29-6-3-14(16)20(27)26(19)10-17(24-18)25-4-7-28-8-5-25;1-6-4-2-3-5-7-6/h1-2,9-10H,3-8,11H2;2-5H,1H3. The number of hydrogen-bond donors (Lipinski definition) is 0. The summed E-state index contributed by atoms with van der Waals surface area (Å²) in [5.41, 5.74) is 2.97. The average molecular weight is 510 g/mol. The minimum atomic E-state index is -0.519. The number of fused-ring (bicyclic) bond motifs is 2. The molecule has 0 aliphatic carbocycles. The van der Waals surface area contributed by atoms with Gasteiger partial charge in [-0.05, 0) is 37.3 Å². The molecular weight excluding hydrogens is 485 g/mol. The Morgan fingerprint density at radius 2 is 1.89 bits per heavy atom. The summed E-state index contributed by atoms with van der Waals surface area (Å²) < 4.78 is 27.1. The van der Waals surface area contributed by atoms with Crippen LogP contribution in [0.1, 0.15) is 17.0 Å². The van der Waals surface area contributed by atoms with Gasteiger partial charge >= 0.3 is 0 Å². The number of hydrogen-bond acceptors (Lipinski definition) is 7. The predicted molar refractivity (Wildman–Crippen MR) is 135 cm³/mol. The fraction of sp³-hybridized carbons (Fsp3) is 0.308. The highest BCUT2D eigenvalue weighted by Gasteiger charge is 2.23. The fourth-order valence-electron chi connectivity index (χ4n) is 4.18. The highest BCUT2D eigenvalue weighted by atomic mass is 35.5. The van der Waals surface area contributed by atoms with Crippen LogP contribution < -0.4 is 10.5 Å². The van der Waals surface area contributed by atoms with E-state index in [2.05, 4.69) is 9.97 Å². The minimum absolute atomic E-state index is 0.166. The quantitative estimate of drug-likeness (QED) is 0.406. The number of aryl methyl sites for hydroxylation is 1. The number of anilines is 1. The molecule has 0 N–H and O–H groups in total. The molecule has 0 radical (unpaired) electrons. The maximum absolute atomic E-state index is 14.8. The lowest BCUT2D eigenvalue weighted by molar-refractivity contribution is 0.107. The third kappa shape index (κ3) is 5.09. The molecular formula is C26H25ClFN5O3. The summed E-state index contributed by atoms with van der Waals surface area (Å²) >= 11 is 5.93. The predicted octanol–water partition coefficient (Wildman–Crippen LogP) is 3.85. The number of ether oxygens (including phenoxy) is 2. The Kier molecular flexibility index (Phi) is 7.22. The van der Waals surface area contributed by atoms with E-state index in [0.29, 0.717) is 67.7 Å². The fourth-order valence-corrected chi connectivity index (χ4v) is 4.34. The van der Waals surface area contributed by atoms with Crippen LogP contribution in [0.15, 0.2) is 53.6 Å². The van der Waals surface area contributed by atoms with Gasteiger partial charge in [0.1, 0.15) is 17.3 Å². The Bertz CT molecular complexity index is 1440. The summed E-state index contributed by atoms with van der Waals surface area (Å²) in [5, 5.41) is 0.288. The zero-order chi connectivity index (χ0) is 25.1. The first kappa shape index (κ1) is 24.3. The lowest BCUT2D eigenvalue weighted by Crippen LogP contribution is -2.37. The Morgan fingerprint density at radius 1 is 1.06 bits per heavy atom. The average Bonchev–Trinajstić information content (AvgIpc) is 2.90. The van der Waals surface area contributed by atoms with Gasteiger partial charge in [0, 0.05) is 47.6 Å². The van der Waals surface area contributed by atoms with Crippen LogP contribution in [-0.2, 0) is 22.5 Å². The van der Waals surface area contributed by atoms with Gasteiger partial charge in [0.05, 0.1) is 38.3 Å². The molecule has 2 aliphatic rings. The van der Waals surface area contributed by atoms with E-state index in [1.165, 1.54) is 10.5 Å². The van der Waals surface area contributed by atoms with E-state index in [1.54, 1.807) is 24.5 Å². The second-order valence-corrected chi connectivity index (χ2v) is 8.92. The molecule has 1 fully saturated rings. The second-order valence-electron chi connectivity index (χ2n) is 8.48. The normalized spacial score (nSPS) is 15.2. The van der Waals surface area contributed by atoms with Gasteiger partial charge in [-0.2, -0.15) is 0 Å². The molecule has 8 nitrogen and oxygen atoms in total. The first-order valence-electron chi connectivity index (χ1n) is 11.7. The zero-order valence-corrected chi connectivity index (χ0v) is 20.5.